The average Bonchev–Trinajstić information content (AvgIpc) is 2.30. The normalized spacial score (nSPS) is 14.7. The van der Waals surface area contributed by atoms with Crippen LogP contribution in [0, 0.1) is 5.82 Å². The smallest absolute Gasteiger partial charge is 0.416 e. The van der Waals surface area contributed by atoms with Gasteiger partial charge in [-0.1, -0.05) is 13.3 Å². The molecule has 0 radical (unpaired) electrons. The van der Waals surface area contributed by atoms with E-state index in [1.165, 1.54) is 6.92 Å². The highest BCUT2D eigenvalue weighted by Crippen LogP contribution is 2.32. The fourth-order valence-corrected chi connectivity index (χ4v) is 1.81. The molecule has 7 heteroatoms. The van der Waals surface area contributed by atoms with Gasteiger partial charge in [0.15, 0.2) is 0 Å². The maximum atomic E-state index is 13.7. The molecule has 1 atom stereocenters. The van der Waals surface area contributed by atoms with Crippen molar-refractivity contribution in [2.24, 2.45) is 0 Å². The number of halogens is 4. The molecule has 0 aliphatic rings. The molecule has 0 aliphatic heterocycles. The molecule has 112 valence electrons. The lowest BCUT2D eigenvalue weighted by atomic mass is 9.95. The van der Waals surface area contributed by atoms with Crippen molar-refractivity contribution in [2.45, 2.75) is 38.4 Å². The van der Waals surface area contributed by atoms with E-state index >= 15 is 0 Å². The summed E-state index contributed by atoms with van der Waals surface area (Å²) >= 11 is 0. The van der Waals surface area contributed by atoms with Gasteiger partial charge in [-0.25, -0.2) is 9.18 Å². The molecule has 0 saturated carbocycles. The Morgan fingerprint density at radius 2 is 1.95 bits per heavy atom. The standard InChI is InChI=1S/C13H15F4NO2/c1-3-6-12(2,11(19)20)18-10-5-4-8(7-9(10)14)13(15,16)17/h4-5,7,18H,3,6H2,1-2H3,(H,19,20). The van der Waals surface area contributed by atoms with Crippen LogP contribution < -0.4 is 5.32 Å². The monoisotopic (exact) mass is 293 g/mol. The number of carboxylic acids is 1. The molecule has 0 spiro atoms. The Hall–Kier alpha value is -1.79. The average molecular weight is 293 g/mol. The Kier molecular flexibility index (Phi) is 4.62. The van der Waals surface area contributed by atoms with Crippen molar-refractivity contribution in [3.63, 3.8) is 0 Å². The highest BCUT2D eigenvalue weighted by atomic mass is 19.4. The predicted molar refractivity (Wildman–Crippen MR) is 66.0 cm³/mol. The lowest BCUT2D eigenvalue weighted by Crippen LogP contribution is -2.43. The van der Waals surface area contributed by atoms with Gasteiger partial charge in [-0.3, -0.25) is 0 Å². The van der Waals surface area contributed by atoms with Crippen molar-refractivity contribution >= 4 is 11.7 Å². The van der Waals surface area contributed by atoms with E-state index in [-0.39, 0.29) is 12.1 Å². The summed E-state index contributed by atoms with van der Waals surface area (Å²) in [5.41, 5.74) is -2.82. The topological polar surface area (TPSA) is 49.3 Å². The summed E-state index contributed by atoms with van der Waals surface area (Å²) in [5, 5.41) is 11.6. The quantitative estimate of drug-likeness (QED) is 0.809. The van der Waals surface area contributed by atoms with Crippen LogP contribution >= 0.6 is 0 Å². The predicted octanol–water partition coefficient (Wildman–Crippen LogP) is 3.90. The van der Waals surface area contributed by atoms with E-state index in [0.717, 1.165) is 6.07 Å². The van der Waals surface area contributed by atoms with Crippen LogP contribution in [-0.4, -0.2) is 16.6 Å². The summed E-state index contributed by atoms with van der Waals surface area (Å²) in [6.07, 6.45) is -3.90. The van der Waals surface area contributed by atoms with Crippen molar-refractivity contribution in [1.29, 1.82) is 0 Å². The van der Waals surface area contributed by atoms with Crippen LogP contribution in [0.25, 0.3) is 0 Å². The zero-order valence-electron chi connectivity index (χ0n) is 11.0. The summed E-state index contributed by atoms with van der Waals surface area (Å²) in [6.45, 7) is 3.11. The van der Waals surface area contributed by atoms with Gasteiger partial charge < -0.3 is 10.4 Å². The number of rotatable bonds is 5. The molecule has 0 fully saturated rings. The van der Waals surface area contributed by atoms with Crippen LogP contribution in [0.1, 0.15) is 32.3 Å². The fraction of sp³-hybridized carbons (Fsp3) is 0.462. The molecular weight excluding hydrogens is 278 g/mol. The molecule has 0 amide bonds. The van der Waals surface area contributed by atoms with E-state index in [4.69, 9.17) is 5.11 Å². The third-order valence-electron chi connectivity index (χ3n) is 2.93. The first-order valence-corrected chi connectivity index (χ1v) is 5.98. The van der Waals surface area contributed by atoms with E-state index < -0.39 is 29.1 Å². The molecule has 2 N–H and O–H groups in total. The Bertz CT molecular complexity index is 502. The lowest BCUT2D eigenvalue weighted by Gasteiger charge is -2.27. The molecule has 0 aliphatic carbocycles. The van der Waals surface area contributed by atoms with Crippen LogP contribution in [0.15, 0.2) is 18.2 Å². The number of carbonyl (C=O) groups is 1. The first-order chi connectivity index (χ1) is 9.10. The third kappa shape index (κ3) is 3.61. The number of anilines is 1. The van der Waals surface area contributed by atoms with Gasteiger partial charge >= 0.3 is 12.1 Å². The molecule has 1 aromatic carbocycles. The van der Waals surface area contributed by atoms with E-state index in [2.05, 4.69) is 5.32 Å². The van der Waals surface area contributed by atoms with E-state index in [1.54, 1.807) is 6.92 Å². The summed E-state index contributed by atoms with van der Waals surface area (Å²) in [5.74, 6) is -2.33. The zero-order valence-corrected chi connectivity index (χ0v) is 11.0. The molecule has 0 aromatic heterocycles. The van der Waals surface area contributed by atoms with Crippen molar-refractivity contribution in [2.75, 3.05) is 5.32 Å². The largest absolute Gasteiger partial charge is 0.480 e. The first-order valence-electron chi connectivity index (χ1n) is 5.98. The molecule has 0 heterocycles. The summed E-state index contributed by atoms with van der Waals surface area (Å²) < 4.78 is 50.9. The van der Waals surface area contributed by atoms with Crippen LogP contribution in [0.5, 0.6) is 0 Å². The SMILES string of the molecule is CCCC(C)(Nc1ccc(C(F)(F)F)cc1F)C(=O)O. The Morgan fingerprint density at radius 3 is 2.35 bits per heavy atom. The number of nitrogens with one attached hydrogen (secondary N) is 1. The molecule has 0 saturated heterocycles. The summed E-state index contributed by atoms with van der Waals surface area (Å²) in [7, 11) is 0. The Labute approximate surface area is 113 Å². The number of hydrogen-bond donors (Lipinski definition) is 2. The van der Waals surface area contributed by atoms with Crippen LogP contribution in [0.2, 0.25) is 0 Å². The second-order valence-electron chi connectivity index (χ2n) is 4.70. The molecule has 3 nitrogen and oxygen atoms in total. The summed E-state index contributed by atoms with van der Waals surface area (Å²) in [4.78, 5) is 11.2. The maximum Gasteiger partial charge on any atom is 0.416 e. The van der Waals surface area contributed by atoms with Crippen molar-refractivity contribution in [3.8, 4) is 0 Å². The van der Waals surface area contributed by atoms with Gasteiger partial charge in [0, 0.05) is 0 Å². The molecule has 1 unspecified atom stereocenters. The maximum absolute atomic E-state index is 13.7. The van der Waals surface area contributed by atoms with Crippen molar-refractivity contribution < 1.29 is 27.5 Å². The van der Waals surface area contributed by atoms with Gasteiger partial charge in [0.1, 0.15) is 11.4 Å². The minimum atomic E-state index is -4.64. The Morgan fingerprint density at radius 1 is 1.35 bits per heavy atom. The van der Waals surface area contributed by atoms with Gasteiger partial charge in [0.2, 0.25) is 0 Å². The number of aliphatic carboxylic acids is 1. The Balaban J connectivity index is 3.07. The number of alkyl halides is 3. The van der Waals surface area contributed by atoms with Crippen LogP contribution in [-0.2, 0) is 11.0 Å². The van der Waals surface area contributed by atoms with Crippen LogP contribution in [0.3, 0.4) is 0 Å². The van der Waals surface area contributed by atoms with Gasteiger partial charge in [-0.2, -0.15) is 13.2 Å². The highest BCUT2D eigenvalue weighted by Gasteiger charge is 2.34. The first kappa shape index (κ1) is 16.3. The number of carboxylic acid groups (broad SMARTS) is 1. The van der Waals surface area contributed by atoms with Crippen molar-refractivity contribution in [1.82, 2.24) is 0 Å². The van der Waals surface area contributed by atoms with E-state index in [9.17, 15) is 22.4 Å². The second-order valence-corrected chi connectivity index (χ2v) is 4.70. The highest BCUT2D eigenvalue weighted by molar-refractivity contribution is 5.82. The lowest BCUT2D eigenvalue weighted by molar-refractivity contribution is -0.142. The molecular formula is C13H15F4NO2. The molecule has 0 bridgehead atoms. The molecule has 20 heavy (non-hydrogen) atoms. The fourth-order valence-electron chi connectivity index (χ4n) is 1.81. The van der Waals surface area contributed by atoms with Gasteiger partial charge in [-0.15, -0.1) is 0 Å². The van der Waals surface area contributed by atoms with E-state index in [0.29, 0.717) is 18.6 Å². The van der Waals surface area contributed by atoms with Gasteiger partial charge in [0.25, 0.3) is 0 Å². The minimum absolute atomic E-state index is 0.211. The minimum Gasteiger partial charge on any atom is -0.480 e. The third-order valence-corrected chi connectivity index (χ3v) is 2.93. The van der Waals surface area contributed by atoms with Crippen LogP contribution in [0.4, 0.5) is 23.2 Å². The molecule has 1 aromatic rings. The van der Waals surface area contributed by atoms with E-state index in [1.807, 2.05) is 0 Å². The van der Waals surface area contributed by atoms with Gasteiger partial charge in [0.05, 0.1) is 11.3 Å². The summed E-state index contributed by atoms with van der Waals surface area (Å²) in [6, 6.07) is 1.95. The zero-order chi connectivity index (χ0) is 15.6. The number of benzene rings is 1. The van der Waals surface area contributed by atoms with Crippen molar-refractivity contribution in [3.05, 3.63) is 29.6 Å². The van der Waals surface area contributed by atoms with Gasteiger partial charge in [-0.05, 0) is 31.5 Å². The molecule has 1 rings (SSSR count). The number of hydrogen-bond acceptors (Lipinski definition) is 2. The second kappa shape index (κ2) is 5.68.